The normalized spacial score (nSPS) is 19.5. The number of benzene rings is 1. The molecule has 1 aliphatic carbocycles. The number of carbonyl (C=O) groups excluding carboxylic acids is 2. The highest BCUT2D eigenvalue weighted by Gasteiger charge is 2.42. The van der Waals surface area contributed by atoms with Gasteiger partial charge in [-0.25, -0.2) is 0 Å². The largest absolute Gasteiger partial charge is 0.298 e. The summed E-state index contributed by atoms with van der Waals surface area (Å²) in [6.45, 7) is 10.1. The van der Waals surface area contributed by atoms with Crippen molar-refractivity contribution in [2.75, 3.05) is 0 Å². The van der Waals surface area contributed by atoms with Crippen molar-refractivity contribution < 1.29 is 9.59 Å². The van der Waals surface area contributed by atoms with Crippen LogP contribution in [0.2, 0.25) is 0 Å². The van der Waals surface area contributed by atoms with Crippen molar-refractivity contribution in [1.29, 1.82) is 0 Å². The van der Waals surface area contributed by atoms with E-state index in [2.05, 4.69) is 11.9 Å². The highest BCUT2D eigenvalue weighted by molar-refractivity contribution is 6.23. The summed E-state index contributed by atoms with van der Waals surface area (Å²) in [5.74, 6) is -0.554. The van der Waals surface area contributed by atoms with Crippen LogP contribution in [0.4, 0.5) is 5.69 Å². The lowest BCUT2D eigenvalue weighted by Gasteiger charge is -2.33. The fourth-order valence-electron chi connectivity index (χ4n) is 3.20. The van der Waals surface area contributed by atoms with Crippen LogP contribution in [0.1, 0.15) is 53.0 Å². The summed E-state index contributed by atoms with van der Waals surface area (Å²) in [7, 11) is 0. The number of rotatable bonds is 4. The molecular weight excluding hydrogens is 286 g/mol. The Morgan fingerprint density at radius 3 is 2.09 bits per heavy atom. The number of aliphatic imine (C=N–C) groups is 1. The maximum Gasteiger partial charge on any atom is 0.149 e. The molecule has 124 valence electrons. The van der Waals surface area contributed by atoms with E-state index in [-0.39, 0.29) is 22.9 Å². The van der Waals surface area contributed by atoms with E-state index in [9.17, 15) is 9.59 Å². The third-order valence-electron chi connectivity index (χ3n) is 4.44. The van der Waals surface area contributed by atoms with E-state index in [1.807, 2.05) is 52.0 Å². The Bertz CT molecular complexity index is 604. The van der Waals surface area contributed by atoms with E-state index < -0.39 is 5.92 Å². The third-order valence-corrected chi connectivity index (χ3v) is 4.44. The van der Waals surface area contributed by atoms with Crippen LogP contribution < -0.4 is 0 Å². The molecule has 0 saturated heterocycles. The average molecular weight is 313 g/mol. The highest BCUT2D eigenvalue weighted by Crippen LogP contribution is 2.36. The smallest absolute Gasteiger partial charge is 0.149 e. The summed E-state index contributed by atoms with van der Waals surface area (Å²) in [5, 5.41) is 0. The Morgan fingerprint density at radius 1 is 1.13 bits per heavy atom. The van der Waals surface area contributed by atoms with Crippen molar-refractivity contribution in [3.63, 3.8) is 0 Å². The van der Waals surface area contributed by atoms with Crippen LogP contribution in [-0.4, -0.2) is 17.3 Å². The second kappa shape index (κ2) is 6.77. The second-order valence-corrected chi connectivity index (χ2v) is 7.59. The predicted molar refractivity (Wildman–Crippen MR) is 94.3 cm³/mol. The van der Waals surface area contributed by atoms with Crippen LogP contribution in [0, 0.1) is 17.3 Å². The summed E-state index contributed by atoms with van der Waals surface area (Å²) >= 11 is 0. The predicted octanol–water partition coefficient (Wildman–Crippen LogP) is 4.55. The molecule has 0 aliphatic heterocycles. The summed E-state index contributed by atoms with van der Waals surface area (Å²) in [6.07, 6.45) is 1.88. The van der Waals surface area contributed by atoms with E-state index >= 15 is 0 Å². The van der Waals surface area contributed by atoms with Crippen molar-refractivity contribution in [3.05, 3.63) is 29.8 Å². The van der Waals surface area contributed by atoms with Crippen molar-refractivity contribution in [2.24, 2.45) is 22.2 Å². The first-order valence-corrected chi connectivity index (χ1v) is 8.46. The minimum Gasteiger partial charge on any atom is -0.298 e. The van der Waals surface area contributed by atoms with Crippen LogP contribution in [0.3, 0.4) is 0 Å². The van der Waals surface area contributed by atoms with E-state index in [1.54, 1.807) is 0 Å². The maximum atomic E-state index is 12.6. The number of aryl methyl sites for hydroxylation is 1. The lowest BCUT2D eigenvalue weighted by molar-refractivity contribution is -0.136. The molecule has 2 rings (SSSR count). The van der Waals surface area contributed by atoms with Crippen molar-refractivity contribution in [1.82, 2.24) is 0 Å². The van der Waals surface area contributed by atoms with Crippen molar-refractivity contribution >= 4 is 23.0 Å². The van der Waals surface area contributed by atoms with E-state index in [0.29, 0.717) is 18.6 Å². The fourth-order valence-corrected chi connectivity index (χ4v) is 3.20. The van der Waals surface area contributed by atoms with Gasteiger partial charge in [0.2, 0.25) is 0 Å². The summed E-state index contributed by atoms with van der Waals surface area (Å²) in [4.78, 5) is 29.8. The molecule has 1 aliphatic rings. The molecule has 0 aromatic heterocycles. The van der Waals surface area contributed by atoms with Gasteiger partial charge in [0.25, 0.3) is 0 Å². The number of carbonyl (C=O) groups is 2. The second-order valence-electron chi connectivity index (χ2n) is 7.59. The average Bonchev–Trinajstić information content (AvgIpc) is 2.44. The van der Waals surface area contributed by atoms with Gasteiger partial charge < -0.3 is 0 Å². The summed E-state index contributed by atoms with van der Waals surface area (Å²) in [5.41, 5.74) is 2.55. The molecule has 0 bridgehead atoms. The van der Waals surface area contributed by atoms with Crippen LogP contribution in [-0.2, 0) is 16.0 Å². The highest BCUT2D eigenvalue weighted by atomic mass is 16.2. The lowest BCUT2D eigenvalue weighted by atomic mass is 9.69. The molecular formula is C20H27NO2. The zero-order valence-electron chi connectivity index (χ0n) is 14.8. The van der Waals surface area contributed by atoms with E-state index in [1.165, 1.54) is 5.56 Å². The zero-order valence-corrected chi connectivity index (χ0v) is 14.8. The lowest BCUT2D eigenvalue weighted by Crippen LogP contribution is -2.43. The Labute approximate surface area is 139 Å². The maximum absolute atomic E-state index is 12.6. The van der Waals surface area contributed by atoms with Gasteiger partial charge in [-0.05, 0) is 35.4 Å². The molecule has 3 heteroatoms. The van der Waals surface area contributed by atoms with Crippen molar-refractivity contribution in [3.8, 4) is 0 Å². The van der Waals surface area contributed by atoms with Gasteiger partial charge in [-0.2, -0.15) is 0 Å². The minimum absolute atomic E-state index is 0.0175. The Morgan fingerprint density at radius 2 is 1.65 bits per heavy atom. The number of ketones is 2. The van der Waals surface area contributed by atoms with Crippen molar-refractivity contribution in [2.45, 2.75) is 53.9 Å². The monoisotopic (exact) mass is 313 g/mol. The molecule has 0 spiro atoms. The first kappa shape index (κ1) is 17.6. The van der Waals surface area contributed by atoms with Gasteiger partial charge in [0.15, 0.2) is 0 Å². The first-order chi connectivity index (χ1) is 10.7. The van der Waals surface area contributed by atoms with Gasteiger partial charge >= 0.3 is 0 Å². The molecule has 0 amide bonds. The zero-order chi connectivity index (χ0) is 17.2. The Balaban J connectivity index is 2.35. The molecule has 1 fully saturated rings. The molecule has 0 radical (unpaired) electrons. The SMILES string of the molecule is CCc1ccc(N=C(C(C)C)C2C(=O)CC(C)(C)CC2=O)cc1. The van der Waals surface area contributed by atoms with E-state index in [0.717, 1.165) is 12.1 Å². The van der Waals surface area contributed by atoms with Gasteiger partial charge in [0.05, 0.1) is 5.69 Å². The molecule has 1 aromatic rings. The van der Waals surface area contributed by atoms with Gasteiger partial charge in [-0.3, -0.25) is 14.6 Å². The number of hydrogen-bond donors (Lipinski definition) is 0. The third kappa shape index (κ3) is 4.15. The molecule has 3 nitrogen and oxygen atoms in total. The molecule has 0 heterocycles. The van der Waals surface area contributed by atoms with Gasteiger partial charge in [0.1, 0.15) is 17.5 Å². The number of nitrogens with zero attached hydrogens (tertiary/aromatic N) is 1. The number of hydrogen-bond acceptors (Lipinski definition) is 3. The van der Waals surface area contributed by atoms with Gasteiger partial charge in [-0.15, -0.1) is 0 Å². The van der Waals surface area contributed by atoms with E-state index in [4.69, 9.17) is 0 Å². The Kier molecular flexibility index (Phi) is 5.18. The Hall–Kier alpha value is -1.77. The number of Topliss-reactive ketones (excluding diaryl/α,β-unsaturated/α-hetero) is 2. The molecule has 1 aromatic carbocycles. The molecule has 0 unspecified atom stereocenters. The summed E-state index contributed by atoms with van der Waals surface area (Å²) < 4.78 is 0. The standard InChI is InChI=1S/C20H27NO2/c1-6-14-7-9-15(10-8-14)21-19(13(2)3)18-16(22)11-20(4,5)12-17(18)23/h7-10,13,18H,6,11-12H2,1-5H3. The fraction of sp³-hybridized carbons (Fsp3) is 0.550. The van der Waals surface area contributed by atoms with Crippen LogP contribution in [0.25, 0.3) is 0 Å². The van der Waals surface area contributed by atoms with Crippen LogP contribution >= 0.6 is 0 Å². The molecule has 0 N–H and O–H groups in total. The van der Waals surface area contributed by atoms with Gasteiger partial charge in [0, 0.05) is 18.6 Å². The first-order valence-electron chi connectivity index (χ1n) is 8.46. The summed E-state index contributed by atoms with van der Waals surface area (Å²) in [6, 6.07) is 8.01. The van der Waals surface area contributed by atoms with Crippen LogP contribution in [0.5, 0.6) is 0 Å². The quantitative estimate of drug-likeness (QED) is 0.604. The molecule has 1 saturated carbocycles. The minimum atomic E-state index is -0.658. The topological polar surface area (TPSA) is 46.5 Å². The molecule has 23 heavy (non-hydrogen) atoms. The van der Waals surface area contributed by atoms with Gasteiger partial charge in [-0.1, -0.05) is 46.8 Å². The molecule has 0 atom stereocenters. The van der Waals surface area contributed by atoms with Crippen LogP contribution in [0.15, 0.2) is 29.3 Å².